The molecule has 0 spiro atoms. The average molecular weight is 392 g/mol. The van der Waals surface area contributed by atoms with Gasteiger partial charge in [-0.05, 0) is 33.1 Å². The second-order valence-corrected chi connectivity index (χ2v) is 7.86. The van der Waals surface area contributed by atoms with Crippen molar-refractivity contribution in [2.75, 3.05) is 13.1 Å². The Morgan fingerprint density at radius 2 is 2.00 bits per heavy atom. The van der Waals surface area contributed by atoms with Crippen LogP contribution in [0.2, 0.25) is 0 Å². The van der Waals surface area contributed by atoms with Gasteiger partial charge in [-0.3, -0.25) is 0 Å². The summed E-state index contributed by atoms with van der Waals surface area (Å²) in [7, 11) is 0. The smallest absolute Gasteiger partial charge is 0.191 e. The number of nitrogens with zero attached hydrogens (tertiary/aromatic N) is 3. The summed E-state index contributed by atoms with van der Waals surface area (Å²) < 4.78 is 5.46. The standard InChI is InChI=1S/C20H33N5OS/c1-6-15(7-2)18-12-16(26-25-18)13-23-20(21-9-4)22-11-10-19-24-17(8-3)14(5)27-19/h12,15H,6-11,13H2,1-5H3,(H2,21,22,23). The molecule has 2 aromatic rings. The summed E-state index contributed by atoms with van der Waals surface area (Å²) in [5.41, 5.74) is 2.25. The van der Waals surface area contributed by atoms with E-state index in [9.17, 15) is 0 Å². The van der Waals surface area contributed by atoms with Gasteiger partial charge < -0.3 is 15.2 Å². The molecule has 27 heavy (non-hydrogen) atoms. The Kier molecular flexibility index (Phi) is 8.78. The molecule has 2 N–H and O–H groups in total. The van der Waals surface area contributed by atoms with E-state index in [1.165, 1.54) is 15.6 Å². The van der Waals surface area contributed by atoms with Crippen molar-refractivity contribution < 1.29 is 4.52 Å². The molecule has 2 heterocycles. The minimum atomic E-state index is 0.465. The van der Waals surface area contributed by atoms with Crippen molar-refractivity contribution in [3.63, 3.8) is 0 Å². The molecular weight excluding hydrogens is 358 g/mol. The highest BCUT2D eigenvalue weighted by molar-refractivity contribution is 7.11. The summed E-state index contributed by atoms with van der Waals surface area (Å²) in [5, 5.41) is 12.0. The van der Waals surface area contributed by atoms with Gasteiger partial charge in [0.05, 0.1) is 16.4 Å². The summed E-state index contributed by atoms with van der Waals surface area (Å²) in [5.74, 6) is 2.06. The van der Waals surface area contributed by atoms with Crippen LogP contribution in [-0.4, -0.2) is 29.2 Å². The van der Waals surface area contributed by atoms with Gasteiger partial charge in [0, 0.05) is 36.4 Å². The summed E-state index contributed by atoms with van der Waals surface area (Å²) >= 11 is 1.79. The molecule has 0 aliphatic carbocycles. The summed E-state index contributed by atoms with van der Waals surface area (Å²) in [6.07, 6.45) is 4.05. The Hall–Kier alpha value is -1.89. The lowest BCUT2D eigenvalue weighted by Crippen LogP contribution is -2.38. The zero-order chi connectivity index (χ0) is 19.6. The molecule has 0 aliphatic heterocycles. The second kappa shape index (κ2) is 11.1. The van der Waals surface area contributed by atoms with E-state index in [4.69, 9.17) is 9.51 Å². The fourth-order valence-electron chi connectivity index (χ4n) is 3.01. The maximum Gasteiger partial charge on any atom is 0.191 e. The van der Waals surface area contributed by atoms with E-state index in [-0.39, 0.29) is 0 Å². The first-order chi connectivity index (χ1) is 13.1. The first-order valence-corrected chi connectivity index (χ1v) is 10.9. The van der Waals surface area contributed by atoms with Crippen LogP contribution in [0.3, 0.4) is 0 Å². The zero-order valence-corrected chi connectivity index (χ0v) is 18.1. The lowest BCUT2D eigenvalue weighted by molar-refractivity contribution is 0.372. The lowest BCUT2D eigenvalue weighted by atomic mass is 9.99. The highest BCUT2D eigenvalue weighted by atomic mass is 32.1. The van der Waals surface area contributed by atoms with Gasteiger partial charge in [0.1, 0.15) is 6.54 Å². The molecule has 0 radical (unpaired) electrons. The van der Waals surface area contributed by atoms with E-state index in [1.807, 2.05) is 6.07 Å². The number of aryl methyl sites for hydroxylation is 2. The molecule has 150 valence electrons. The van der Waals surface area contributed by atoms with E-state index in [1.54, 1.807) is 11.3 Å². The largest absolute Gasteiger partial charge is 0.359 e. The third-order valence-corrected chi connectivity index (χ3v) is 5.69. The molecular formula is C20H33N5OS. The van der Waals surface area contributed by atoms with Crippen LogP contribution in [-0.2, 0) is 19.4 Å². The Balaban J connectivity index is 1.89. The third-order valence-electron chi connectivity index (χ3n) is 4.62. The second-order valence-electron chi connectivity index (χ2n) is 6.57. The van der Waals surface area contributed by atoms with Gasteiger partial charge in [-0.2, -0.15) is 0 Å². The van der Waals surface area contributed by atoms with Gasteiger partial charge >= 0.3 is 0 Å². The van der Waals surface area contributed by atoms with Crippen LogP contribution in [0.4, 0.5) is 0 Å². The number of aromatic nitrogens is 2. The van der Waals surface area contributed by atoms with Crippen LogP contribution in [0.15, 0.2) is 15.6 Å². The Labute approximate surface area is 166 Å². The summed E-state index contributed by atoms with van der Waals surface area (Å²) in [4.78, 5) is 10.6. The predicted molar refractivity (Wildman–Crippen MR) is 113 cm³/mol. The number of aliphatic imine (C=N–C) groups is 1. The predicted octanol–water partition coefficient (Wildman–Crippen LogP) is 4.20. The molecule has 0 saturated heterocycles. The number of guanidine groups is 1. The molecule has 0 unspecified atom stereocenters. The molecule has 0 atom stereocenters. The van der Waals surface area contributed by atoms with E-state index >= 15 is 0 Å². The number of thiazole rings is 1. The van der Waals surface area contributed by atoms with Crippen LogP contribution in [0.5, 0.6) is 0 Å². The van der Waals surface area contributed by atoms with Crippen molar-refractivity contribution in [2.45, 2.75) is 72.8 Å². The van der Waals surface area contributed by atoms with E-state index in [2.05, 4.69) is 55.4 Å². The van der Waals surface area contributed by atoms with Crippen molar-refractivity contribution in [2.24, 2.45) is 4.99 Å². The maximum atomic E-state index is 5.46. The monoisotopic (exact) mass is 391 g/mol. The van der Waals surface area contributed by atoms with Crippen LogP contribution >= 0.6 is 11.3 Å². The molecule has 0 aliphatic rings. The van der Waals surface area contributed by atoms with Crippen molar-refractivity contribution in [3.8, 4) is 0 Å². The van der Waals surface area contributed by atoms with Crippen LogP contribution in [0.25, 0.3) is 0 Å². The lowest BCUT2D eigenvalue weighted by Gasteiger charge is -2.10. The fourth-order valence-corrected chi connectivity index (χ4v) is 4.03. The van der Waals surface area contributed by atoms with Gasteiger partial charge in [0.2, 0.25) is 0 Å². The molecule has 0 aromatic carbocycles. The van der Waals surface area contributed by atoms with Crippen molar-refractivity contribution in [3.05, 3.63) is 33.1 Å². The molecule has 0 fully saturated rings. The molecule has 6 nitrogen and oxygen atoms in total. The fraction of sp³-hybridized carbons (Fsp3) is 0.650. The number of rotatable bonds is 10. The quantitative estimate of drug-likeness (QED) is 0.469. The van der Waals surface area contributed by atoms with Gasteiger partial charge in [-0.25, -0.2) is 9.98 Å². The minimum absolute atomic E-state index is 0.465. The summed E-state index contributed by atoms with van der Waals surface area (Å²) in [6.45, 7) is 12.8. The zero-order valence-electron chi connectivity index (χ0n) is 17.3. The molecule has 2 aromatic heterocycles. The van der Waals surface area contributed by atoms with Crippen molar-refractivity contribution >= 4 is 17.3 Å². The van der Waals surface area contributed by atoms with Gasteiger partial charge in [-0.1, -0.05) is 25.9 Å². The number of nitrogens with one attached hydrogen (secondary N) is 2. The highest BCUT2D eigenvalue weighted by Gasteiger charge is 2.13. The van der Waals surface area contributed by atoms with Crippen LogP contribution in [0, 0.1) is 6.92 Å². The van der Waals surface area contributed by atoms with Gasteiger partial charge in [0.25, 0.3) is 0 Å². The van der Waals surface area contributed by atoms with Crippen molar-refractivity contribution in [1.29, 1.82) is 0 Å². The SMILES string of the molecule is CCNC(=NCc1cc(C(CC)CC)no1)NCCc1nc(CC)c(C)s1. The topological polar surface area (TPSA) is 75.3 Å². The summed E-state index contributed by atoms with van der Waals surface area (Å²) in [6, 6.07) is 2.04. The molecule has 0 saturated carbocycles. The Morgan fingerprint density at radius 1 is 1.22 bits per heavy atom. The third kappa shape index (κ3) is 6.34. The molecule has 7 heteroatoms. The molecule has 0 bridgehead atoms. The normalized spacial score (nSPS) is 12.0. The van der Waals surface area contributed by atoms with Gasteiger partial charge in [-0.15, -0.1) is 11.3 Å². The average Bonchev–Trinajstić information content (AvgIpc) is 3.27. The van der Waals surface area contributed by atoms with E-state index < -0.39 is 0 Å². The maximum absolute atomic E-state index is 5.46. The van der Waals surface area contributed by atoms with E-state index in [0.29, 0.717) is 12.5 Å². The Bertz CT molecular complexity index is 718. The van der Waals surface area contributed by atoms with Crippen LogP contribution < -0.4 is 10.6 Å². The highest BCUT2D eigenvalue weighted by Crippen LogP contribution is 2.22. The number of hydrogen-bond acceptors (Lipinski definition) is 5. The molecule has 2 rings (SSSR count). The van der Waals surface area contributed by atoms with Crippen molar-refractivity contribution in [1.82, 2.24) is 20.8 Å². The molecule has 0 amide bonds. The minimum Gasteiger partial charge on any atom is -0.359 e. The van der Waals surface area contributed by atoms with Crippen LogP contribution in [0.1, 0.15) is 73.5 Å². The number of hydrogen-bond donors (Lipinski definition) is 2. The van der Waals surface area contributed by atoms with Gasteiger partial charge in [0.15, 0.2) is 11.7 Å². The van der Waals surface area contributed by atoms with E-state index in [0.717, 1.165) is 56.2 Å². The first kappa shape index (κ1) is 21.4. The Morgan fingerprint density at radius 3 is 2.63 bits per heavy atom. The first-order valence-electron chi connectivity index (χ1n) is 10.0.